The molecule has 2 N–H and O–H groups in total. The van der Waals surface area contributed by atoms with E-state index in [-0.39, 0.29) is 40.2 Å². The maximum atomic E-state index is 12.0. The molecule has 0 aliphatic carbocycles. The minimum atomic E-state index is -0.762. The van der Waals surface area contributed by atoms with E-state index in [0.29, 0.717) is 5.75 Å². The number of hydrogen-bond acceptors (Lipinski definition) is 3. The molecule has 0 amide bonds. The van der Waals surface area contributed by atoms with E-state index in [1.807, 2.05) is 0 Å². The number of aromatic hydroxyl groups is 1. The molecule has 0 radical (unpaired) electrons. The zero-order valence-corrected chi connectivity index (χ0v) is 21.7. The summed E-state index contributed by atoms with van der Waals surface area (Å²) in [5, 5.41) is 21.0. The molecule has 1 unspecified atom stereocenters. The summed E-state index contributed by atoms with van der Waals surface area (Å²) >= 11 is 0. The third-order valence-corrected chi connectivity index (χ3v) is 7.48. The average molecular weight is 432 g/mol. The molecule has 0 spiro atoms. The first kappa shape index (κ1) is 25.7. The Morgan fingerprint density at radius 1 is 1.00 bits per heavy atom. The molecule has 0 aromatic heterocycles. The molecule has 0 saturated carbocycles. The van der Waals surface area contributed by atoms with Crippen LogP contribution in [0.2, 0.25) is 0 Å². The highest BCUT2D eigenvalue weighted by atomic mass is 16.4. The average Bonchev–Trinajstić information content (AvgIpc) is 2.55. The number of rotatable bonds is 4. The maximum absolute atomic E-state index is 12.0. The van der Waals surface area contributed by atoms with Crippen LogP contribution in [0.4, 0.5) is 0 Å². The Kier molecular flexibility index (Phi) is 6.72. The Morgan fingerprint density at radius 3 is 1.71 bits per heavy atom. The number of phenolic OH excluding ortho intramolecular Hbond substituents is 1. The number of carboxylic acid groups (broad SMARTS) is 1. The third-order valence-electron chi connectivity index (χ3n) is 7.48. The number of carbonyl (C=O) groups is 1. The van der Waals surface area contributed by atoms with Gasteiger partial charge in [-0.15, -0.1) is 0 Å². The monoisotopic (exact) mass is 431 g/mol. The van der Waals surface area contributed by atoms with Crippen molar-refractivity contribution < 1.29 is 15.0 Å². The summed E-state index contributed by atoms with van der Waals surface area (Å²) in [6.07, 6.45) is 2.00. The van der Waals surface area contributed by atoms with Crippen molar-refractivity contribution in [2.24, 2.45) is 5.92 Å². The van der Waals surface area contributed by atoms with Gasteiger partial charge in [-0.2, -0.15) is 0 Å². The minimum Gasteiger partial charge on any atom is -0.507 e. The van der Waals surface area contributed by atoms with Gasteiger partial charge in [-0.3, -0.25) is 9.69 Å². The van der Waals surface area contributed by atoms with Crippen LogP contribution < -0.4 is 0 Å². The van der Waals surface area contributed by atoms with E-state index in [4.69, 9.17) is 0 Å². The van der Waals surface area contributed by atoms with Gasteiger partial charge in [0.1, 0.15) is 5.75 Å². The van der Waals surface area contributed by atoms with Crippen molar-refractivity contribution in [3.63, 3.8) is 0 Å². The number of likely N-dealkylation sites (tertiary alicyclic amines) is 1. The first-order valence-corrected chi connectivity index (χ1v) is 11.6. The van der Waals surface area contributed by atoms with Gasteiger partial charge in [0.25, 0.3) is 0 Å². The standard InChI is InChI=1S/C27H45NO3/c1-24(2,3)20-12-17(13-21(23(20)31)25(4,5)6)19(14-22(29)30)18-15-26(7,8)28(11)27(9,10)16-18/h12-13,18-19,31H,14-16H2,1-11H3,(H,29,30). The molecular weight excluding hydrogens is 386 g/mol. The minimum absolute atomic E-state index is 0.0141. The van der Waals surface area contributed by atoms with Gasteiger partial charge in [0.2, 0.25) is 0 Å². The number of nitrogens with zero attached hydrogens (tertiary/aromatic N) is 1. The lowest BCUT2D eigenvalue weighted by Crippen LogP contribution is -2.59. The van der Waals surface area contributed by atoms with E-state index in [0.717, 1.165) is 29.5 Å². The van der Waals surface area contributed by atoms with Crippen LogP contribution in [0.15, 0.2) is 12.1 Å². The molecule has 1 saturated heterocycles. The van der Waals surface area contributed by atoms with Crippen molar-refractivity contribution in [3.8, 4) is 5.75 Å². The summed E-state index contributed by atoms with van der Waals surface area (Å²) in [6.45, 7) is 21.7. The molecule has 4 heteroatoms. The lowest BCUT2D eigenvalue weighted by Gasteiger charge is -2.55. The summed E-state index contributed by atoms with van der Waals surface area (Å²) in [5.74, 6) is -0.251. The molecule has 1 aromatic carbocycles. The predicted molar refractivity (Wildman–Crippen MR) is 129 cm³/mol. The van der Waals surface area contributed by atoms with Crippen LogP contribution in [0.5, 0.6) is 5.75 Å². The second-order valence-electron chi connectivity index (χ2n) is 13.0. The quantitative estimate of drug-likeness (QED) is 0.575. The van der Waals surface area contributed by atoms with Crippen LogP contribution in [-0.4, -0.2) is 39.2 Å². The van der Waals surface area contributed by atoms with Gasteiger partial charge in [-0.25, -0.2) is 0 Å². The van der Waals surface area contributed by atoms with Gasteiger partial charge >= 0.3 is 5.97 Å². The number of aliphatic carboxylic acids is 1. The molecule has 1 heterocycles. The number of hydrogen-bond donors (Lipinski definition) is 2. The van der Waals surface area contributed by atoms with Crippen molar-refractivity contribution in [1.29, 1.82) is 0 Å². The van der Waals surface area contributed by atoms with E-state index in [1.165, 1.54) is 0 Å². The molecular formula is C27H45NO3. The van der Waals surface area contributed by atoms with Crippen LogP contribution in [-0.2, 0) is 15.6 Å². The fourth-order valence-corrected chi connectivity index (χ4v) is 5.49. The molecule has 1 aliphatic rings. The number of piperidine rings is 1. The van der Waals surface area contributed by atoms with Crippen molar-refractivity contribution in [3.05, 3.63) is 28.8 Å². The van der Waals surface area contributed by atoms with Gasteiger partial charge in [0, 0.05) is 11.1 Å². The van der Waals surface area contributed by atoms with E-state index in [2.05, 4.69) is 93.3 Å². The Balaban J connectivity index is 2.70. The number of phenols is 1. The second-order valence-corrected chi connectivity index (χ2v) is 13.0. The van der Waals surface area contributed by atoms with Gasteiger partial charge in [0.15, 0.2) is 0 Å². The maximum Gasteiger partial charge on any atom is 0.303 e. The Morgan fingerprint density at radius 2 is 1.39 bits per heavy atom. The highest BCUT2D eigenvalue weighted by Crippen LogP contribution is 2.49. The molecule has 31 heavy (non-hydrogen) atoms. The molecule has 1 fully saturated rings. The van der Waals surface area contributed by atoms with Crippen molar-refractivity contribution in [2.75, 3.05) is 7.05 Å². The lowest BCUT2D eigenvalue weighted by atomic mass is 9.66. The highest BCUT2D eigenvalue weighted by molar-refractivity contribution is 5.68. The summed E-state index contributed by atoms with van der Waals surface area (Å²) in [5.41, 5.74) is 2.35. The van der Waals surface area contributed by atoms with Crippen molar-refractivity contribution in [1.82, 2.24) is 4.90 Å². The van der Waals surface area contributed by atoms with Crippen LogP contribution in [0.25, 0.3) is 0 Å². The summed E-state index contributed by atoms with van der Waals surface area (Å²) in [4.78, 5) is 14.4. The number of carboxylic acids is 1. The Labute approximate surface area is 190 Å². The van der Waals surface area contributed by atoms with Crippen LogP contribution in [0, 0.1) is 5.92 Å². The molecule has 0 bridgehead atoms. The zero-order valence-electron chi connectivity index (χ0n) is 21.7. The Hall–Kier alpha value is -1.55. The topological polar surface area (TPSA) is 60.8 Å². The third kappa shape index (κ3) is 5.45. The Bertz CT molecular complexity index is 771. The van der Waals surface area contributed by atoms with Gasteiger partial charge in [-0.05, 0) is 86.9 Å². The summed E-state index contributed by atoms with van der Waals surface area (Å²) < 4.78 is 0. The molecule has 1 aliphatic heterocycles. The second kappa shape index (κ2) is 8.10. The van der Waals surface area contributed by atoms with Crippen LogP contribution in [0.1, 0.15) is 111 Å². The molecule has 1 aromatic rings. The van der Waals surface area contributed by atoms with Gasteiger partial charge < -0.3 is 10.2 Å². The first-order valence-electron chi connectivity index (χ1n) is 11.6. The van der Waals surface area contributed by atoms with E-state index < -0.39 is 5.97 Å². The fraction of sp³-hybridized carbons (Fsp3) is 0.741. The first-order chi connectivity index (χ1) is 13.8. The van der Waals surface area contributed by atoms with Gasteiger partial charge in [-0.1, -0.05) is 53.7 Å². The van der Waals surface area contributed by atoms with Crippen LogP contribution >= 0.6 is 0 Å². The van der Waals surface area contributed by atoms with E-state index in [1.54, 1.807) is 0 Å². The number of benzene rings is 1. The van der Waals surface area contributed by atoms with Crippen molar-refractivity contribution >= 4 is 5.97 Å². The van der Waals surface area contributed by atoms with E-state index >= 15 is 0 Å². The summed E-state index contributed by atoms with van der Waals surface area (Å²) in [7, 11) is 2.18. The van der Waals surface area contributed by atoms with Gasteiger partial charge in [0.05, 0.1) is 6.42 Å². The molecule has 4 nitrogen and oxygen atoms in total. The molecule has 1 atom stereocenters. The summed E-state index contributed by atoms with van der Waals surface area (Å²) in [6, 6.07) is 4.16. The van der Waals surface area contributed by atoms with E-state index in [9.17, 15) is 15.0 Å². The lowest BCUT2D eigenvalue weighted by molar-refractivity contribution is -0.138. The van der Waals surface area contributed by atoms with Crippen LogP contribution in [0.3, 0.4) is 0 Å². The predicted octanol–water partition coefficient (Wildman–Crippen LogP) is 6.44. The van der Waals surface area contributed by atoms with Crippen molar-refractivity contribution in [2.45, 2.75) is 116 Å². The molecule has 176 valence electrons. The fourth-order valence-electron chi connectivity index (χ4n) is 5.49. The largest absolute Gasteiger partial charge is 0.507 e. The highest BCUT2D eigenvalue weighted by Gasteiger charge is 2.46. The smallest absolute Gasteiger partial charge is 0.303 e. The normalized spacial score (nSPS) is 21.1. The SMILES string of the molecule is CN1C(C)(C)CC(C(CC(=O)O)c2cc(C(C)(C)C)c(O)c(C(C)(C)C)c2)CC1(C)C. The zero-order chi connectivity index (χ0) is 24.2. The molecule has 2 rings (SSSR count).